The number of carbonyl (C=O) groups is 1. The number of nitrogens with one attached hydrogen (secondary N) is 1. The van der Waals surface area contributed by atoms with Crippen LogP contribution in [0.15, 0.2) is 12.2 Å². The number of halogens is 3. The van der Waals surface area contributed by atoms with Gasteiger partial charge in [-0.25, -0.2) is 0 Å². The Morgan fingerprint density at radius 3 is 2.70 bits per heavy atom. The third-order valence-electron chi connectivity index (χ3n) is 2.48. The van der Waals surface area contributed by atoms with Crippen LogP contribution in [-0.2, 0) is 14.3 Å². The van der Waals surface area contributed by atoms with Crippen LogP contribution in [-0.4, -0.2) is 60.6 Å². The number of ether oxygens (including phenoxy) is 2. The summed E-state index contributed by atoms with van der Waals surface area (Å²) in [6, 6.07) is 0. The number of alkyl halides is 3. The number of hydrogen-bond acceptors (Lipinski definition) is 5. The van der Waals surface area contributed by atoms with Crippen LogP contribution >= 0.6 is 0 Å². The van der Waals surface area contributed by atoms with Crippen LogP contribution in [0.1, 0.15) is 6.42 Å². The van der Waals surface area contributed by atoms with Gasteiger partial charge in [0.1, 0.15) is 12.2 Å². The van der Waals surface area contributed by atoms with Crippen LogP contribution in [0, 0.1) is 0 Å². The van der Waals surface area contributed by atoms with E-state index >= 15 is 0 Å². The van der Waals surface area contributed by atoms with Crippen molar-refractivity contribution in [3.05, 3.63) is 12.2 Å². The van der Waals surface area contributed by atoms with Crippen molar-refractivity contribution in [2.75, 3.05) is 19.8 Å². The Hall–Kier alpha value is -1.16. The maximum absolute atomic E-state index is 11.8. The summed E-state index contributed by atoms with van der Waals surface area (Å²) < 4.78 is 45.9. The molecule has 9 heteroatoms. The lowest BCUT2D eigenvalue weighted by molar-refractivity contribution is -0.180. The largest absolute Gasteiger partial charge is 0.471 e. The molecule has 0 bridgehead atoms. The van der Waals surface area contributed by atoms with Gasteiger partial charge in [0, 0.05) is 6.54 Å². The Labute approximate surface area is 113 Å². The minimum absolute atomic E-state index is 0.0569. The number of rotatable bonds is 6. The van der Waals surface area contributed by atoms with Crippen molar-refractivity contribution in [1.82, 2.24) is 5.32 Å². The van der Waals surface area contributed by atoms with E-state index in [0.717, 1.165) is 0 Å². The van der Waals surface area contributed by atoms with Crippen LogP contribution in [0.3, 0.4) is 0 Å². The Kier molecular flexibility index (Phi) is 6.40. The summed E-state index contributed by atoms with van der Waals surface area (Å²) in [6.45, 7) is -0.505. The first-order chi connectivity index (χ1) is 9.34. The standard InChI is InChI=1S/C11H16F3NO5/c12-11(13,14)10(18)15-4-1-5-19-9-3-2-7(17)8(6-16)20-9/h2-3,7-9,16-17H,1,4-6H2,(H,15,18)/t7-,8+,9?/m0/s1. The summed E-state index contributed by atoms with van der Waals surface area (Å²) in [5, 5.41) is 20.0. The Bertz CT molecular complexity index is 347. The van der Waals surface area contributed by atoms with E-state index in [-0.39, 0.29) is 26.2 Å². The van der Waals surface area contributed by atoms with E-state index in [1.54, 1.807) is 5.32 Å². The minimum atomic E-state index is -4.89. The van der Waals surface area contributed by atoms with Crippen molar-refractivity contribution in [3.63, 3.8) is 0 Å². The molecule has 116 valence electrons. The second kappa shape index (κ2) is 7.58. The maximum atomic E-state index is 11.8. The summed E-state index contributed by atoms with van der Waals surface area (Å²) in [4.78, 5) is 10.5. The SMILES string of the molecule is O=C(NCCCOC1C=C[C@H](O)[C@@H](CO)O1)C(F)(F)F. The lowest BCUT2D eigenvalue weighted by Crippen LogP contribution is -2.39. The number of aliphatic hydroxyl groups excluding tert-OH is 2. The predicted octanol–water partition coefficient (Wildman–Crippen LogP) is -0.294. The van der Waals surface area contributed by atoms with Gasteiger partial charge >= 0.3 is 12.1 Å². The molecular formula is C11H16F3NO5. The van der Waals surface area contributed by atoms with Gasteiger partial charge in [-0.15, -0.1) is 0 Å². The molecule has 3 N–H and O–H groups in total. The Morgan fingerprint density at radius 2 is 2.10 bits per heavy atom. The summed E-state index contributed by atoms with van der Waals surface area (Å²) in [5.74, 6) is -1.99. The third-order valence-corrected chi connectivity index (χ3v) is 2.48. The van der Waals surface area contributed by atoms with Gasteiger partial charge < -0.3 is 25.0 Å². The van der Waals surface area contributed by atoms with Crippen LogP contribution in [0.25, 0.3) is 0 Å². The lowest BCUT2D eigenvalue weighted by atomic mass is 10.1. The molecular weight excluding hydrogens is 283 g/mol. The van der Waals surface area contributed by atoms with Crippen molar-refractivity contribution >= 4 is 5.91 Å². The molecule has 0 saturated heterocycles. The van der Waals surface area contributed by atoms with E-state index in [2.05, 4.69) is 0 Å². The maximum Gasteiger partial charge on any atom is 0.471 e. The van der Waals surface area contributed by atoms with Crippen molar-refractivity contribution in [3.8, 4) is 0 Å². The van der Waals surface area contributed by atoms with Gasteiger partial charge in [-0.3, -0.25) is 4.79 Å². The van der Waals surface area contributed by atoms with Gasteiger partial charge in [-0.2, -0.15) is 13.2 Å². The van der Waals surface area contributed by atoms with E-state index in [0.29, 0.717) is 0 Å². The van der Waals surface area contributed by atoms with Crippen LogP contribution in [0.5, 0.6) is 0 Å². The fraction of sp³-hybridized carbons (Fsp3) is 0.727. The zero-order valence-electron chi connectivity index (χ0n) is 10.5. The number of aliphatic hydroxyl groups is 2. The molecule has 3 atom stereocenters. The molecule has 0 radical (unpaired) electrons. The molecule has 0 aromatic heterocycles. The summed E-state index contributed by atoms with van der Waals surface area (Å²) in [7, 11) is 0. The van der Waals surface area contributed by atoms with Crippen LogP contribution < -0.4 is 5.32 Å². The molecule has 1 aliphatic rings. The highest BCUT2D eigenvalue weighted by Crippen LogP contribution is 2.15. The van der Waals surface area contributed by atoms with E-state index < -0.39 is 30.6 Å². The highest BCUT2D eigenvalue weighted by Gasteiger charge is 2.38. The van der Waals surface area contributed by atoms with Crippen LogP contribution in [0.2, 0.25) is 0 Å². The van der Waals surface area contributed by atoms with Gasteiger partial charge in [-0.1, -0.05) is 6.08 Å². The average Bonchev–Trinajstić information content (AvgIpc) is 2.38. The predicted molar refractivity (Wildman–Crippen MR) is 60.5 cm³/mol. The van der Waals surface area contributed by atoms with Gasteiger partial charge in [0.25, 0.3) is 0 Å². The van der Waals surface area contributed by atoms with Gasteiger partial charge in [0.05, 0.1) is 13.2 Å². The van der Waals surface area contributed by atoms with Crippen molar-refractivity contribution < 1.29 is 37.7 Å². The van der Waals surface area contributed by atoms with E-state index in [9.17, 15) is 23.1 Å². The lowest BCUT2D eigenvalue weighted by Gasteiger charge is -2.28. The summed E-state index contributed by atoms with van der Waals surface area (Å²) in [5.41, 5.74) is 0. The first-order valence-corrected chi connectivity index (χ1v) is 5.94. The highest BCUT2D eigenvalue weighted by molar-refractivity contribution is 5.81. The molecule has 1 amide bonds. The molecule has 0 aliphatic carbocycles. The summed E-state index contributed by atoms with van der Waals surface area (Å²) in [6.07, 6.45) is -4.39. The molecule has 0 fully saturated rings. The van der Waals surface area contributed by atoms with Gasteiger partial charge in [0.2, 0.25) is 0 Å². The molecule has 0 aromatic rings. The van der Waals surface area contributed by atoms with Crippen molar-refractivity contribution in [2.24, 2.45) is 0 Å². The average molecular weight is 299 g/mol. The van der Waals surface area contributed by atoms with Gasteiger partial charge in [-0.05, 0) is 12.5 Å². The zero-order chi connectivity index (χ0) is 15.2. The molecule has 0 spiro atoms. The first kappa shape index (κ1) is 16.9. The number of amides is 1. The second-order valence-electron chi connectivity index (χ2n) is 4.08. The molecule has 0 saturated carbocycles. The summed E-state index contributed by atoms with van der Waals surface area (Å²) >= 11 is 0. The van der Waals surface area contributed by atoms with E-state index in [1.165, 1.54) is 12.2 Å². The molecule has 20 heavy (non-hydrogen) atoms. The Morgan fingerprint density at radius 1 is 1.40 bits per heavy atom. The molecule has 6 nitrogen and oxygen atoms in total. The normalized spacial score (nSPS) is 26.6. The Balaban J connectivity index is 2.16. The third kappa shape index (κ3) is 5.45. The van der Waals surface area contributed by atoms with Gasteiger partial charge in [0.15, 0.2) is 6.29 Å². The minimum Gasteiger partial charge on any atom is -0.394 e. The molecule has 0 aromatic carbocycles. The highest BCUT2D eigenvalue weighted by atomic mass is 19.4. The first-order valence-electron chi connectivity index (χ1n) is 5.94. The molecule has 1 heterocycles. The number of carbonyl (C=O) groups excluding carboxylic acids is 1. The zero-order valence-corrected chi connectivity index (χ0v) is 10.5. The molecule has 1 unspecified atom stereocenters. The topological polar surface area (TPSA) is 88.0 Å². The van der Waals surface area contributed by atoms with Crippen molar-refractivity contribution in [1.29, 1.82) is 0 Å². The fourth-order valence-corrected chi connectivity index (χ4v) is 1.45. The fourth-order valence-electron chi connectivity index (χ4n) is 1.45. The van der Waals surface area contributed by atoms with Crippen molar-refractivity contribution in [2.45, 2.75) is 31.1 Å². The smallest absolute Gasteiger partial charge is 0.394 e. The molecule has 1 aliphatic heterocycles. The number of hydrogen-bond donors (Lipinski definition) is 3. The van der Waals surface area contributed by atoms with Crippen LogP contribution in [0.4, 0.5) is 13.2 Å². The monoisotopic (exact) mass is 299 g/mol. The van der Waals surface area contributed by atoms with E-state index in [4.69, 9.17) is 14.6 Å². The molecule has 1 rings (SSSR count). The second-order valence-corrected chi connectivity index (χ2v) is 4.08. The van der Waals surface area contributed by atoms with E-state index in [1.807, 2.05) is 0 Å². The quantitative estimate of drug-likeness (QED) is 0.463.